The minimum Gasteiger partial charge on any atom is -0.484 e. The maximum atomic E-state index is 12.1. The predicted octanol–water partition coefficient (Wildman–Crippen LogP) is 0.203. The van der Waals surface area contributed by atoms with Crippen LogP contribution in [0.15, 0.2) is 47.6 Å². The Kier molecular flexibility index (Phi) is 5.20. The maximum absolute atomic E-state index is 12.1. The second-order valence-corrected chi connectivity index (χ2v) is 5.73. The lowest BCUT2D eigenvalue weighted by atomic mass is 10.1. The molecule has 0 bridgehead atoms. The van der Waals surface area contributed by atoms with Crippen molar-refractivity contribution in [2.45, 2.75) is 0 Å². The van der Waals surface area contributed by atoms with Gasteiger partial charge in [-0.25, -0.2) is 0 Å². The van der Waals surface area contributed by atoms with E-state index in [1.807, 2.05) is 6.07 Å². The molecular formula is C16H16ClN6O3+. The normalized spacial score (nSPS) is 12.6. The minimum atomic E-state index is -0.687. The second kappa shape index (κ2) is 7.72. The van der Waals surface area contributed by atoms with Gasteiger partial charge in [0, 0.05) is 11.1 Å². The highest BCUT2D eigenvalue weighted by Crippen LogP contribution is 2.21. The van der Waals surface area contributed by atoms with Crippen LogP contribution >= 0.6 is 11.6 Å². The lowest BCUT2D eigenvalue weighted by Crippen LogP contribution is -2.97. The number of benzene rings is 2. The van der Waals surface area contributed by atoms with E-state index >= 15 is 0 Å². The first kappa shape index (κ1) is 17.5. The third kappa shape index (κ3) is 4.21. The van der Waals surface area contributed by atoms with Gasteiger partial charge >= 0.3 is 0 Å². The summed E-state index contributed by atoms with van der Waals surface area (Å²) >= 11 is 5.84. The van der Waals surface area contributed by atoms with E-state index < -0.39 is 11.8 Å². The van der Waals surface area contributed by atoms with Crippen LogP contribution in [0.1, 0.15) is 10.4 Å². The Morgan fingerprint density at radius 2 is 2.15 bits per heavy atom. The molecule has 10 heteroatoms. The number of hydrogen-bond donors (Lipinski definition) is 4. The van der Waals surface area contributed by atoms with Crippen LogP contribution in [-0.4, -0.2) is 24.8 Å². The molecule has 1 aliphatic heterocycles. The number of nitrogens with two attached hydrogens (primary N) is 2. The smallest absolute Gasteiger partial charge is 0.262 e. The van der Waals surface area contributed by atoms with E-state index in [4.69, 9.17) is 22.1 Å². The summed E-state index contributed by atoms with van der Waals surface area (Å²) in [7, 11) is 0. The number of carbonyl (C=O) groups excluding carboxylic acids is 2. The van der Waals surface area contributed by atoms with Crippen LogP contribution in [0.4, 0.5) is 11.4 Å². The van der Waals surface area contributed by atoms with Gasteiger partial charge in [-0.15, -0.1) is 16.2 Å². The summed E-state index contributed by atoms with van der Waals surface area (Å²) in [6.07, 6.45) is 1.61. The summed E-state index contributed by atoms with van der Waals surface area (Å²) in [5.41, 5.74) is 10.9. The van der Waals surface area contributed by atoms with Crippen molar-refractivity contribution in [1.29, 1.82) is 0 Å². The number of amides is 2. The van der Waals surface area contributed by atoms with Crippen molar-refractivity contribution in [2.24, 2.45) is 10.8 Å². The molecule has 0 saturated heterocycles. The maximum Gasteiger partial charge on any atom is 0.262 e. The summed E-state index contributed by atoms with van der Waals surface area (Å²) in [5.74, 6) is -0.609. The largest absolute Gasteiger partial charge is 0.484 e. The lowest BCUT2D eigenvalue weighted by molar-refractivity contribution is -0.703. The van der Waals surface area contributed by atoms with Crippen LogP contribution in [0.5, 0.6) is 5.75 Å². The molecule has 2 aromatic rings. The second-order valence-electron chi connectivity index (χ2n) is 5.30. The molecular weight excluding hydrogens is 360 g/mol. The van der Waals surface area contributed by atoms with Crippen molar-refractivity contribution in [3.8, 4) is 5.75 Å². The first-order valence-corrected chi connectivity index (χ1v) is 7.93. The van der Waals surface area contributed by atoms with Crippen molar-refractivity contribution >= 4 is 41.1 Å². The Morgan fingerprint density at radius 1 is 1.31 bits per heavy atom. The number of ether oxygens (including phenoxy) is 1. The fourth-order valence-corrected chi connectivity index (χ4v) is 2.44. The monoisotopic (exact) mass is 375 g/mol. The van der Waals surface area contributed by atoms with Crippen molar-refractivity contribution in [2.75, 3.05) is 16.9 Å². The number of nitrogens with one attached hydrogen (secondary N) is 2. The third-order valence-corrected chi connectivity index (χ3v) is 3.70. The molecule has 9 nitrogen and oxygen atoms in total. The number of quaternary nitrogens is 1. The van der Waals surface area contributed by atoms with Crippen molar-refractivity contribution in [3.63, 3.8) is 0 Å². The molecule has 2 aromatic carbocycles. The number of nitrogens with zero attached hydrogens (tertiary/aromatic N) is 2. The summed E-state index contributed by atoms with van der Waals surface area (Å²) in [6, 6.07) is 11.6. The van der Waals surface area contributed by atoms with E-state index in [1.54, 1.807) is 41.1 Å². The Hall–Kier alpha value is -3.30. The van der Waals surface area contributed by atoms with Crippen LogP contribution in [0, 0.1) is 0 Å². The highest BCUT2D eigenvalue weighted by atomic mass is 35.5. The van der Waals surface area contributed by atoms with Crippen molar-refractivity contribution in [1.82, 2.24) is 5.53 Å². The Labute approximate surface area is 153 Å². The van der Waals surface area contributed by atoms with Gasteiger partial charge in [0.15, 0.2) is 12.9 Å². The van der Waals surface area contributed by atoms with Crippen LogP contribution < -0.4 is 31.9 Å². The molecule has 0 radical (unpaired) electrons. The molecule has 0 aromatic heterocycles. The fourth-order valence-electron chi connectivity index (χ4n) is 2.26. The van der Waals surface area contributed by atoms with E-state index in [0.717, 1.165) is 5.69 Å². The number of rotatable bonds is 6. The van der Waals surface area contributed by atoms with E-state index in [2.05, 4.69) is 16.0 Å². The zero-order chi connectivity index (χ0) is 18.5. The molecule has 0 aliphatic carbocycles. The van der Waals surface area contributed by atoms with Crippen molar-refractivity contribution < 1.29 is 19.9 Å². The van der Waals surface area contributed by atoms with Crippen LogP contribution in [0.3, 0.4) is 0 Å². The zero-order valence-electron chi connectivity index (χ0n) is 13.5. The number of carbonyl (C=O) groups is 2. The van der Waals surface area contributed by atoms with Gasteiger partial charge in [0.05, 0.1) is 11.3 Å². The van der Waals surface area contributed by atoms with Gasteiger partial charge in [0.25, 0.3) is 11.8 Å². The quantitative estimate of drug-likeness (QED) is 0.537. The SMILES string of the molecule is NC(=O)c1cc(Cl)ccc1NC(=O)COc1cccc(N2C=NN[NH2+]2)c1. The standard InChI is InChI=1S/C16H15ClN6O3/c17-10-4-5-14(13(6-10)16(18)25)20-15(24)8-26-12-3-1-2-11(7-12)23-9-19-21-22-23/h1-7,9,21-22H,8H2,(H2,18,25)(H,20,24)/p+1. The summed E-state index contributed by atoms with van der Waals surface area (Å²) in [6.45, 7) is -0.236. The van der Waals surface area contributed by atoms with Crippen LogP contribution in [-0.2, 0) is 4.79 Å². The van der Waals surface area contributed by atoms with Crippen molar-refractivity contribution in [3.05, 3.63) is 53.1 Å². The molecule has 0 saturated carbocycles. The topological polar surface area (TPSA) is 126 Å². The Morgan fingerprint density at radius 3 is 2.88 bits per heavy atom. The van der Waals surface area contributed by atoms with Gasteiger partial charge in [-0.2, -0.15) is 5.01 Å². The number of anilines is 2. The Balaban J connectivity index is 1.62. The highest BCUT2D eigenvalue weighted by molar-refractivity contribution is 6.31. The summed E-state index contributed by atoms with van der Waals surface area (Å²) in [5, 5.41) is 8.56. The fraction of sp³-hybridized carbons (Fsp3) is 0.0625. The number of hydrazone groups is 1. The van der Waals surface area contributed by atoms with Gasteiger partial charge in [-0.3, -0.25) is 9.59 Å². The molecule has 0 atom stereocenters. The number of hydrogen-bond acceptors (Lipinski definition) is 6. The van der Waals surface area contributed by atoms with E-state index in [0.29, 0.717) is 10.8 Å². The molecule has 1 aliphatic rings. The van der Waals surface area contributed by atoms with Gasteiger partial charge in [-0.1, -0.05) is 17.7 Å². The van der Waals surface area contributed by atoms with Crippen LogP contribution in [0.2, 0.25) is 5.02 Å². The summed E-state index contributed by atoms with van der Waals surface area (Å²) in [4.78, 5) is 23.6. The molecule has 6 N–H and O–H groups in total. The number of primary amides is 1. The molecule has 0 fully saturated rings. The minimum absolute atomic E-state index is 0.129. The van der Waals surface area contributed by atoms with Gasteiger partial charge in [0.2, 0.25) is 0 Å². The molecule has 1 heterocycles. The molecule has 0 unspecified atom stereocenters. The first-order valence-electron chi connectivity index (χ1n) is 7.55. The predicted molar refractivity (Wildman–Crippen MR) is 96.6 cm³/mol. The molecule has 3 rings (SSSR count). The number of halogens is 1. The molecule has 2 amide bonds. The Bertz CT molecular complexity index is 873. The average molecular weight is 376 g/mol. The first-order chi connectivity index (χ1) is 12.5. The van der Waals surface area contributed by atoms with Gasteiger partial charge in [0.1, 0.15) is 11.4 Å². The highest BCUT2D eigenvalue weighted by Gasteiger charge is 2.14. The average Bonchev–Trinajstić information content (AvgIpc) is 3.16. The van der Waals surface area contributed by atoms with E-state index in [9.17, 15) is 9.59 Å². The molecule has 134 valence electrons. The summed E-state index contributed by atoms with van der Waals surface area (Å²) < 4.78 is 5.50. The van der Waals surface area contributed by atoms with Crippen LogP contribution in [0.25, 0.3) is 0 Å². The zero-order valence-corrected chi connectivity index (χ0v) is 14.2. The van der Waals surface area contributed by atoms with Gasteiger partial charge in [-0.05, 0) is 30.3 Å². The third-order valence-electron chi connectivity index (χ3n) is 3.46. The van der Waals surface area contributed by atoms with E-state index in [1.165, 1.54) is 12.1 Å². The molecule has 26 heavy (non-hydrogen) atoms. The molecule has 0 spiro atoms. The van der Waals surface area contributed by atoms with E-state index in [-0.39, 0.29) is 17.9 Å². The van der Waals surface area contributed by atoms with Gasteiger partial charge < -0.3 is 15.8 Å². The lowest BCUT2D eigenvalue weighted by Gasteiger charge is -2.12.